The highest BCUT2D eigenvalue weighted by Crippen LogP contribution is 2.24. The second-order valence-electron chi connectivity index (χ2n) is 6.63. The zero-order valence-corrected chi connectivity index (χ0v) is 12.9. The molecule has 19 heavy (non-hydrogen) atoms. The van der Waals surface area contributed by atoms with Crippen molar-refractivity contribution in [2.24, 2.45) is 0 Å². The van der Waals surface area contributed by atoms with Gasteiger partial charge in [-0.25, -0.2) is 0 Å². The van der Waals surface area contributed by atoms with Crippen LogP contribution < -0.4 is 5.32 Å². The topological polar surface area (TPSA) is 38.7 Å². The molecule has 3 unspecified atom stereocenters. The van der Waals surface area contributed by atoms with E-state index in [1.807, 2.05) is 0 Å². The predicted molar refractivity (Wildman–Crippen MR) is 79.4 cm³/mol. The fraction of sp³-hybridized carbons (Fsp3) is 1.00. The fourth-order valence-electron chi connectivity index (χ4n) is 3.82. The lowest BCUT2D eigenvalue weighted by Crippen LogP contribution is -2.56. The molecular formula is C15H31N3O. The lowest BCUT2D eigenvalue weighted by atomic mass is 9.93. The van der Waals surface area contributed by atoms with Crippen LogP contribution in [0.1, 0.15) is 40.0 Å². The number of piperazine rings is 1. The first-order valence-corrected chi connectivity index (χ1v) is 7.92. The van der Waals surface area contributed by atoms with Crippen molar-refractivity contribution < 1.29 is 5.11 Å². The number of aliphatic hydroxyl groups is 1. The van der Waals surface area contributed by atoms with Gasteiger partial charge in [-0.05, 0) is 46.2 Å². The van der Waals surface area contributed by atoms with Crippen molar-refractivity contribution in [1.82, 2.24) is 15.1 Å². The Bertz CT molecular complexity index is 287. The first-order chi connectivity index (χ1) is 9.08. The maximum absolute atomic E-state index is 9.62. The molecule has 2 rings (SSSR count). The van der Waals surface area contributed by atoms with E-state index in [0.717, 1.165) is 19.0 Å². The van der Waals surface area contributed by atoms with Gasteiger partial charge in [-0.15, -0.1) is 0 Å². The summed E-state index contributed by atoms with van der Waals surface area (Å²) < 4.78 is 0. The molecular weight excluding hydrogens is 238 g/mol. The van der Waals surface area contributed by atoms with Crippen molar-refractivity contribution in [1.29, 1.82) is 0 Å². The third kappa shape index (κ3) is 3.69. The Morgan fingerprint density at radius 1 is 1.37 bits per heavy atom. The van der Waals surface area contributed by atoms with Gasteiger partial charge in [-0.1, -0.05) is 6.92 Å². The maximum Gasteiger partial charge on any atom is 0.0611 e. The van der Waals surface area contributed by atoms with E-state index in [9.17, 15) is 5.11 Å². The predicted octanol–water partition coefficient (Wildman–Crippen LogP) is 0.906. The zero-order chi connectivity index (χ0) is 13.9. The molecule has 4 nitrogen and oxygen atoms in total. The molecule has 0 aromatic heterocycles. The summed E-state index contributed by atoms with van der Waals surface area (Å²) in [6, 6.07) is 1.33. The highest BCUT2D eigenvalue weighted by Gasteiger charge is 2.34. The molecule has 0 aromatic carbocycles. The molecule has 2 saturated heterocycles. The van der Waals surface area contributed by atoms with Gasteiger partial charge in [-0.2, -0.15) is 0 Å². The van der Waals surface area contributed by atoms with Crippen LogP contribution in [0.15, 0.2) is 0 Å². The van der Waals surface area contributed by atoms with Gasteiger partial charge in [0.15, 0.2) is 0 Å². The maximum atomic E-state index is 9.62. The van der Waals surface area contributed by atoms with Gasteiger partial charge >= 0.3 is 0 Å². The summed E-state index contributed by atoms with van der Waals surface area (Å²) in [4.78, 5) is 5.27. The lowest BCUT2D eigenvalue weighted by molar-refractivity contribution is 0.0543. The smallest absolute Gasteiger partial charge is 0.0611 e. The molecule has 0 bridgehead atoms. The number of fused-ring (bicyclic) bond motifs is 1. The van der Waals surface area contributed by atoms with E-state index in [1.165, 1.54) is 39.0 Å². The van der Waals surface area contributed by atoms with Crippen LogP contribution in [-0.2, 0) is 0 Å². The molecule has 0 amide bonds. The number of nitrogens with one attached hydrogen (secondary N) is 1. The Morgan fingerprint density at radius 2 is 2.16 bits per heavy atom. The Kier molecular flexibility index (Phi) is 5.23. The van der Waals surface area contributed by atoms with Crippen LogP contribution in [0.5, 0.6) is 0 Å². The van der Waals surface area contributed by atoms with E-state index in [1.54, 1.807) is 0 Å². The average molecular weight is 269 g/mol. The molecule has 0 saturated carbocycles. The summed E-state index contributed by atoms with van der Waals surface area (Å²) in [5.74, 6) is 0. The monoisotopic (exact) mass is 269 g/mol. The number of hydrogen-bond acceptors (Lipinski definition) is 4. The minimum absolute atomic E-state index is 0.138. The summed E-state index contributed by atoms with van der Waals surface area (Å²) in [5, 5.41) is 13.1. The van der Waals surface area contributed by atoms with Gasteiger partial charge in [0.05, 0.1) is 6.61 Å². The first kappa shape index (κ1) is 15.2. The summed E-state index contributed by atoms with van der Waals surface area (Å²) in [5.41, 5.74) is -0.138. The van der Waals surface area contributed by atoms with Crippen LogP contribution in [0.3, 0.4) is 0 Å². The van der Waals surface area contributed by atoms with Crippen LogP contribution in [0.4, 0.5) is 0 Å². The minimum atomic E-state index is -0.138. The zero-order valence-electron chi connectivity index (χ0n) is 12.9. The SMILES string of the molecule is CCNC(C)(CO)CC(C)N1CCN2CCCC2C1. The van der Waals surface area contributed by atoms with Gasteiger partial charge in [-0.3, -0.25) is 9.80 Å². The van der Waals surface area contributed by atoms with Crippen molar-refractivity contribution in [3.8, 4) is 0 Å². The highest BCUT2D eigenvalue weighted by atomic mass is 16.3. The molecule has 4 heteroatoms. The standard InChI is InChI=1S/C15H31N3O/c1-4-16-15(3,12-19)10-13(2)18-9-8-17-7-5-6-14(17)11-18/h13-14,16,19H,4-12H2,1-3H3. The number of rotatable bonds is 6. The lowest BCUT2D eigenvalue weighted by Gasteiger charge is -2.43. The molecule has 3 atom stereocenters. The van der Waals surface area contributed by atoms with E-state index in [0.29, 0.717) is 6.04 Å². The quantitative estimate of drug-likeness (QED) is 0.752. The molecule has 2 aliphatic rings. The third-order valence-corrected chi connectivity index (χ3v) is 4.94. The van der Waals surface area contributed by atoms with E-state index >= 15 is 0 Å². The van der Waals surface area contributed by atoms with Gasteiger partial charge in [0.1, 0.15) is 0 Å². The van der Waals surface area contributed by atoms with Crippen molar-refractivity contribution in [2.75, 3.05) is 39.3 Å². The van der Waals surface area contributed by atoms with E-state index < -0.39 is 0 Å². The van der Waals surface area contributed by atoms with E-state index in [4.69, 9.17) is 0 Å². The van der Waals surface area contributed by atoms with Crippen LogP contribution in [-0.4, -0.2) is 71.9 Å². The summed E-state index contributed by atoms with van der Waals surface area (Å²) in [7, 11) is 0. The summed E-state index contributed by atoms with van der Waals surface area (Å²) in [6.07, 6.45) is 3.76. The molecule has 2 N–H and O–H groups in total. The second kappa shape index (κ2) is 6.53. The Hall–Kier alpha value is -0.160. The first-order valence-electron chi connectivity index (χ1n) is 7.92. The van der Waals surface area contributed by atoms with Gasteiger partial charge in [0, 0.05) is 37.3 Å². The van der Waals surface area contributed by atoms with E-state index in [2.05, 4.69) is 35.9 Å². The number of likely N-dealkylation sites (N-methyl/N-ethyl adjacent to an activating group) is 1. The highest BCUT2D eigenvalue weighted by molar-refractivity contribution is 4.92. The molecule has 0 spiro atoms. The van der Waals surface area contributed by atoms with Gasteiger partial charge < -0.3 is 10.4 Å². The van der Waals surface area contributed by atoms with Gasteiger partial charge in [0.2, 0.25) is 0 Å². The van der Waals surface area contributed by atoms with Crippen LogP contribution in [0, 0.1) is 0 Å². The van der Waals surface area contributed by atoms with Crippen molar-refractivity contribution in [3.05, 3.63) is 0 Å². The number of aliphatic hydroxyl groups excluding tert-OH is 1. The normalized spacial score (nSPS) is 30.0. The van der Waals surface area contributed by atoms with Crippen molar-refractivity contribution in [2.45, 2.75) is 57.7 Å². The molecule has 2 heterocycles. The van der Waals surface area contributed by atoms with Crippen LogP contribution >= 0.6 is 0 Å². The summed E-state index contributed by atoms with van der Waals surface area (Å²) >= 11 is 0. The second-order valence-corrected chi connectivity index (χ2v) is 6.63. The van der Waals surface area contributed by atoms with Crippen LogP contribution in [0.25, 0.3) is 0 Å². The van der Waals surface area contributed by atoms with Crippen LogP contribution in [0.2, 0.25) is 0 Å². The average Bonchev–Trinajstić information content (AvgIpc) is 2.86. The largest absolute Gasteiger partial charge is 0.394 e. The van der Waals surface area contributed by atoms with Crippen molar-refractivity contribution >= 4 is 0 Å². The third-order valence-electron chi connectivity index (χ3n) is 4.94. The molecule has 0 aliphatic carbocycles. The number of hydrogen-bond donors (Lipinski definition) is 2. The summed E-state index contributed by atoms with van der Waals surface area (Å²) in [6.45, 7) is 12.6. The molecule has 112 valence electrons. The fourth-order valence-corrected chi connectivity index (χ4v) is 3.82. The molecule has 2 aliphatic heterocycles. The Morgan fingerprint density at radius 3 is 2.84 bits per heavy atom. The van der Waals surface area contributed by atoms with Crippen molar-refractivity contribution in [3.63, 3.8) is 0 Å². The Labute approximate surface area is 118 Å². The molecule has 0 aromatic rings. The number of nitrogens with zero attached hydrogens (tertiary/aromatic N) is 2. The van der Waals surface area contributed by atoms with Gasteiger partial charge in [0.25, 0.3) is 0 Å². The van der Waals surface area contributed by atoms with E-state index in [-0.39, 0.29) is 12.1 Å². The molecule has 0 radical (unpaired) electrons. The molecule has 2 fully saturated rings. The minimum Gasteiger partial charge on any atom is -0.394 e. The Balaban J connectivity index is 1.87.